The summed E-state index contributed by atoms with van der Waals surface area (Å²) in [6, 6.07) is 7.80. The number of rotatable bonds is 3. The van der Waals surface area contributed by atoms with Gasteiger partial charge in [0.2, 0.25) is 0 Å². The van der Waals surface area contributed by atoms with Crippen LogP contribution in [0.25, 0.3) is 0 Å². The molecule has 0 bridgehead atoms. The molecule has 0 spiro atoms. The Bertz CT molecular complexity index is 529. The molecule has 0 fully saturated rings. The van der Waals surface area contributed by atoms with E-state index in [0.717, 1.165) is 16.7 Å². The fourth-order valence-corrected chi connectivity index (χ4v) is 1.98. The maximum atomic E-state index is 5.94. The summed E-state index contributed by atoms with van der Waals surface area (Å²) in [6.45, 7) is 2.84. The van der Waals surface area contributed by atoms with Crippen LogP contribution in [0.2, 0.25) is 5.02 Å². The maximum absolute atomic E-state index is 5.94. The highest BCUT2D eigenvalue weighted by molar-refractivity contribution is 9.10. The van der Waals surface area contributed by atoms with Crippen molar-refractivity contribution in [1.82, 2.24) is 4.98 Å². The van der Waals surface area contributed by atoms with Crippen molar-refractivity contribution in [1.29, 1.82) is 0 Å². The van der Waals surface area contributed by atoms with Crippen LogP contribution >= 0.6 is 27.5 Å². The van der Waals surface area contributed by atoms with Crippen molar-refractivity contribution in [2.24, 2.45) is 0 Å². The molecule has 0 unspecified atom stereocenters. The summed E-state index contributed by atoms with van der Waals surface area (Å²) in [7, 11) is 0. The first kappa shape index (κ1) is 12.4. The number of nitrogens with zero attached hydrogens (tertiary/aromatic N) is 1. The molecule has 0 aliphatic rings. The minimum atomic E-state index is 0.716. The van der Waals surface area contributed by atoms with Gasteiger partial charge in [0.25, 0.3) is 0 Å². The number of pyridine rings is 1. The van der Waals surface area contributed by atoms with Crippen molar-refractivity contribution < 1.29 is 0 Å². The van der Waals surface area contributed by atoms with Crippen LogP contribution in [0.5, 0.6) is 0 Å². The molecule has 0 saturated carbocycles. The standard InChI is InChI=1S/C13H12BrClN2/c1-9-4-5-16-7-10(9)8-17-11-2-3-13(15)12(14)6-11/h2-7,17H,8H2,1H3. The van der Waals surface area contributed by atoms with Crippen LogP contribution in [0, 0.1) is 6.92 Å². The molecule has 88 valence electrons. The van der Waals surface area contributed by atoms with Crippen molar-refractivity contribution in [2.75, 3.05) is 5.32 Å². The first-order chi connectivity index (χ1) is 8.16. The van der Waals surface area contributed by atoms with Crippen molar-refractivity contribution in [2.45, 2.75) is 13.5 Å². The summed E-state index contributed by atoms with van der Waals surface area (Å²) in [5, 5.41) is 4.06. The van der Waals surface area contributed by atoms with E-state index in [4.69, 9.17) is 11.6 Å². The molecule has 17 heavy (non-hydrogen) atoms. The van der Waals surface area contributed by atoms with Gasteiger partial charge in [-0.15, -0.1) is 0 Å². The van der Waals surface area contributed by atoms with Gasteiger partial charge in [0.05, 0.1) is 5.02 Å². The molecule has 2 aromatic rings. The fourth-order valence-electron chi connectivity index (χ4n) is 1.49. The highest BCUT2D eigenvalue weighted by Crippen LogP contribution is 2.25. The van der Waals surface area contributed by atoms with E-state index >= 15 is 0 Å². The highest BCUT2D eigenvalue weighted by Gasteiger charge is 2.00. The molecule has 0 radical (unpaired) electrons. The van der Waals surface area contributed by atoms with Crippen LogP contribution in [0.1, 0.15) is 11.1 Å². The Morgan fingerprint density at radius 1 is 1.35 bits per heavy atom. The summed E-state index contributed by atoms with van der Waals surface area (Å²) >= 11 is 9.34. The monoisotopic (exact) mass is 310 g/mol. The number of hydrogen-bond acceptors (Lipinski definition) is 2. The third-order valence-electron chi connectivity index (χ3n) is 2.55. The van der Waals surface area contributed by atoms with Crippen LogP contribution in [0.3, 0.4) is 0 Å². The molecule has 1 aromatic carbocycles. The van der Waals surface area contributed by atoms with E-state index in [0.29, 0.717) is 5.02 Å². The second-order valence-corrected chi connectivity index (χ2v) is 5.05. The summed E-state index contributed by atoms with van der Waals surface area (Å²) < 4.78 is 0.895. The number of aromatic nitrogens is 1. The third kappa shape index (κ3) is 3.20. The van der Waals surface area contributed by atoms with E-state index in [1.807, 2.05) is 30.5 Å². The average molecular weight is 312 g/mol. The Balaban J connectivity index is 2.08. The number of benzene rings is 1. The largest absolute Gasteiger partial charge is 0.381 e. The van der Waals surface area contributed by atoms with Gasteiger partial charge in [0, 0.05) is 29.1 Å². The average Bonchev–Trinajstić information content (AvgIpc) is 2.32. The van der Waals surface area contributed by atoms with E-state index in [1.54, 1.807) is 6.20 Å². The molecule has 1 heterocycles. The van der Waals surface area contributed by atoms with Crippen molar-refractivity contribution in [3.8, 4) is 0 Å². The van der Waals surface area contributed by atoms with Gasteiger partial charge >= 0.3 is 0 Å². The van der Waals surface area contributed by atoms with Crippen LogP contribution < -0.4 is 5.32 Å². The number of hydrogen-bond donors (Lipinski definition) is 1. The van der Waals surface area contributed by atoms with Gasteiger partial charge in [-0.2, -0.15) is 0 Å². The molecule has 4 heteroatoms. The third-order valence-corrected chi connectivity index (χ3v) is 3.76. The van der Waals surface area contributed by atoms with Crippen LogP contribution in [-0.4, -0.2) is 4.98 Å². The van der Waals surface area contributed by atoms with Gasteiger partial charge in [0.15, 0.2) is 0 Å². The zero-order chi connectivity index (χ0) is 12.3. The lowest BCUT2D eigenvalue weighted by molar-refractivity contribution is 1.08. The van der Waals surface area contributed by atoms with Crippen LogP contribution in [-0.2, 0) is 6.54 Å². The van der Waals surface area contributed by atoms with Gasteiger partial charge in [-0.3, -0.25) is 4.98 Å². The molecule has 2 rings (SSSR count). The quantitative estimate of drug-likeness (QED) is 0.907. The first-order valence-corrected chi connectivity index (χ1v) is 6.42. The van der Waals surface area contributed by atoms with E-state index in [-0.39, 0.29) is 0 Å². The molecule has 1 N–H and O–H groups in total. The SMILES string of the molecule is Cc1ccncc1CNc1ccc(Cl)c(Br)c1. The lowest BCUT2D eigenvalue weighted by atomic mass is 10.1. The van der Waals surface area contributed by atoms with Crippen molar-refractivity contribution >= 4 is 33.2 Å². The molecule has 2 nitrogen and oxygen atoms in total. The van der Waals surface area contributed by atoms with Crippen molar-refractivity contribution in [3.63, 3.8) is 0 Å². The summed E-state index contributed by atoms with van der Waals surface area (Å²) in [6.07, 6.45) is 3.69. The van der Waals surface area contributed by atoms with E-state index in [9.17, 15) is 0 Å². The second kappa shape index (κ2) is 5.52. The Morgan fingerprint density at radius 3 is 2.88 bits per heavy atom. The molecule has 0 saturated heterocycles. The molecular weight excluding hydrogens is 300 g/mol. The van der Waals surface area contributed by atoms with Gasteiger partial charge in [-0.05, 0) is 58.2 Å². The van der Waals surface area contributed by atoms with Crippen LogP contribution in [0.4, 0.5) is 5.69 Å². The van der Waals surface area contributed by atoms with E-state index in [1.165, 1.54) is 11.1 Å². The highest BCUT2D eigenvalue weighted by atomic mass is 79.9. The molecule has 0 amide bonds. The Labute approximate surface area is 114 Å². The van der Waals surface area contributed by atoms with Gasteiger partial charge < -0.3 is 5.32 Å². The number of halogens is 2. The smallest absolute Gasteiger partial charge is 0.0549 e. The predicted molar refractivity (Wildman–Crippen MR) is 75.5 cm³/mol. The number of aryl methyl sites for hydroxylation is 1. The fraction of sp³-hybridized carbons (Fsp3) is 0.154. The number of anilines is 1. The minimum absolute atomic E-state index is 0.716. The maximum Gasteiger partial charge on any atom is 0.0549 e. The topological polar surface area (TPSA) is 24.9 Å². The molecule has 0 aliphatic heterocycles. The van der Waals surface area contributed by atoms with E-state index in [2.05, 4.69) is 33.2 Å². The lowest BCUT2D eigenvalue weighted by Gasteiger charge is -2.09. The first-order valence-electron chi connectivity index (χ1n) is 5.25. The molecule has 0 aliphatic carbocycles. The molecule has 1 aromatic heterocycles. The zero-order valence-corrected chi connectivity index (χ0v) is 11.7. The summed E-state index contributed by atoms with van der Waals surface area (Å²) in [5.41, 5.74) is 3.46. The lowest BCUT2D eigenvalue weighted by Crippen LogP contribution is -2.01. The van der Waals surface area contributed by atoms with Crippen LogP contribution in [0.15, 0.2) is 41.1 Å². The van der Waals surface area contributed by atoms with E-state index < -0.39 is 0 Å². The van der Waals surface area contributed by atoms with Crippen molar-refractivity contribution in [3.05, 3.63) is 57.3 Å². The van der Waals surface area contributed by atoms with Gasteiger partial charge in [0.1, 0.15) is 0 Å². The second-order valence-electron chi connectivity index (χ2n) is 3.78. The predicted octanol–water partition coefficient (Wildman–Crippen LogP) is 4.42. The molecular formula is C13H12BrClN2. The minimum Gasteiger partial charge on any atom is -0.381 e. The summed E-state index contributed by atoms with van der Waals surface area (Å²) in [5.74, 6) is 0. The normalized spacial score (nSPS) is 10.3. The Hall–Kier alpha value is -1.06. The van der Waals surface area contributed by atoms with Gasteiger partial charge in [-0.1, -0.05) is 11.6 Å². The Kier molecular flexibility index (Phi) is 4.02. The van der Waals surface area contributed by atoms with Gasteiger partial charge in [-0.25, -0.2) is 0 Å². The zero-order valence-electron chi connectivity index (χ0n) is 9.37. The Morgan fingerprint density at radius 2 is 2.18 bits per heavy atom. The number of nitrogens with one attached hydrogen (secondary N) is 1. The molecule has 0 atom stereocenters. The summed E-state index contributed by atoms with van der Waals surface area (Å²) in [4.78, 5) is 4.12.